The fourth-order valence-corrected chi connectivity index (χ4v) is 4.23. The number of amides is 1. The Balaban J connectivity index is 1.61. The van der Waals surface area contributed by atoms with E-state index in [0.717, 1.165) is 5.56 Å². The highest BCUT2D eigenvalue weighted by Gasteiger charge is 2.42. The summed E-state index contributed by atoms with van der Waals surface area (Å²) < 4.78 is 38.1. The largest absolute Gasteiger partial charge is 0.348 e. The Morgan fingerprint density at radius 2 is 1.75 bits per heavy atom. The minimum atomic E-state index is -3.86. The average Bonchev–Trinajstić information content (AvgIpc) is 3.03. The van der Waals surface area contributed by atoms with E-state index in [1.54, 1.807) is 12.1 Å². The van der Waals surface area contributed by atoms with Crippen molar-refractivity contribution in [3.8, 4) is 0 Å². The van der Waals surface area contributed by atoms with Gasteiger partial charge in [-0.05, 0) is 30.5 Å². The van der Waals surface area contributed by atoms with E-state index in [4.69, 9.17) is 15.2 Å². The lowest BCUT2D eigenvalue weighted by molar-refractivity contribution is -0.183. The molecule has 0 unspecified atom stereocenters. The SMILES string of the molecule is NCc1ccc(S(=O)(=O)NC(=O)C2CCC3(CC2)OCCO3)cc1. The molecule has 2 aliphatic rings. The fraction of sp³-hybridized carbons (Fsp3) is 0.562. The maximum atomic E-state index is 12.3. The van der Waals surface area contributed by atoms with Crippen LogP contribution in [-0.2, 0) is 30.8 Å². The van der Waals surface area contributed by atoms with E-state index in [1.807, 2.05) is 0 Å². The van der Waals surface area contributed by atoms with E-state index >= 15 is 0 Å². The van der Waals surface area contributed by atoms with Gasteiger partial charge in [-0.25, -0.2) is 13.1 Å². The van der Waals surface area contributed by atoms with Crippen LogP contribution in [-0.4, -0.2) is 33.3 Å². The van der Waals surface area contributed by atoms with Crippen molar-refractivity contribution >= 4 is 15.9 Å². The molecule has 0 radical (unpaired) electrons. The first-order valence-electron chi connectivity index (χ1n) is 8.08. The summed E-state index contributed by atoms with van der Waals surface area (Å²) in [5.74, 6) is -1.37. The molecule has 132 valence electrons. The fourth-order valence-electron chi connectivity index (χ4n) is 3.18. The van der Waals surface area contributed by atoms with Crippen LogP contribution in [0.25, 0.3) is 0 Å². The van der Waals surface area contributed by atoms with E-state index in [0.29, 0.717) is 45.4 Å². The molecule has 1 saturated heterocycles. The molecule has 24 heavy (non-hydrogen) atoms. The molecule has 1 saturated carbocycles. The van der Waals surface area contributed by atoms with Gasteiger partial charge in [0.05, 0.1) is 18.1 Å². The van der Waals surface area contributed by atoms with Crippen molar-refractivity contribution in [3.05, 3.63) is 29.8 Å². The Bertz CT molecular complexity index is 686. The average molecular weight is 354 g/mol. The van der Waals surface area contributed by atoms with Crippen LogP contribution in [0.15, 0.2) is 29.2 Å². The van der Waals surface area contributed by atoms with Crippen molar-refractivity contribution in [2.75, 3.05) is 13.2 Å². The van der Waals surface area contributed by atoms with Crippen LogP contribution in [0.2, 0.25) is 0 Å². The monoisotopic (exact) mass is 354 g/mol. The Hall–Kier alpha value is -1.48. The summed E-state index contributed by atoms with van der Waals surface area (Å²) in [5, 5.41) is 0. The predicted molar refractivity (Wildman–Crippen MR) is 86.3 cm³/mol. The number of carbonyl (C=O) groups excluding carboxylic acids is 1. The highest BCUT2D eigenvalue weighted by atomic mass is 32.2. The van der Waals surface area contributed by atoms with Crippen molar-refractivity contribution in [2.45, 2.75) is 42.9 Å². The molecular formula is C16H22N2O5S. The van der Waals surface area contributed by atoms with Crippen LogP contribution < -0.4 is 10.5 Å². The molecule has 1 aliphatic heterocycles. The van der Waals surface area contributed by atoms with Gasteiger partial charge in [-0.2, -0.15) is 0 Å². The van der Waals surface area contributed by atoms with Crippen molar-refractivity contribution < 1.29 is 22.7 Å². The molecule has 1 spiro atoms. The number of hydrogen-bond acceptors (Lipinski definition) is 6. The summed E-state index contributed by atoms with van der Waals surface area (Å²) in [6, 6.07) is 6.18. The minimum absolute atomic E-state index is 0.0581. The van der Waals surface area contributed by atoms with Crippen LogP contribution in [0, 0.1) is 5.92 Å². The first-order valence-corrected chi connectivity index (χ1v) is 9.56. The molecular weight excluding hydrogens is 332 g/mol. The summed E-state index contributed by atoms with van der Waals surface area (Å²) >= 11 is 0. The quantitative estimate of drug-likeness (QED) is 0.831. The third kappa shape index (κ3) is 3.61. The molecule has 2 fully saturated rings. The summed E-state index contributed by atoms with van der Waals surface area (Å²) in [6.07, 6.45) is 2.31. The molecule has 8 heteroatoms. The molecule has 7 nitrogen and oxygen atoms in total. The van der Waals surface area contributed by atoms with Crippen LogP contribution in [0.5, 0.6) is 0 Å². The maximum absolute atomic E-state index is 12.3. The normalized spacial score (nSPS) is 21.0. The van der Waals surface area contributed by atoms with Crippen molar-refractivity contribution in [1.29, 1.82) is 0 Å². The van der Waals surface area contributed by atoms with Gasteiger partial charge in [0, 0.05) is 25.3 Å². The lowest BCUT2D eigenvalue weighted by Gasteiger charge is -2.34. The van der Waals surface area contributed by atoms with E-state index in [1.165, 1.54) is 12.1 Å². The molecule has 0 atom stereocenters. The van der Waals surface area contributed by atoms with Gasteiger partial charge in [-0.3, -0.25) is 4.79 Å². The van der Waals surface area contributed by atoms with Gasteiger partial charge < -0.3 is 15.2 Å². The molecule has 3 rings (SSSR count). The smallest absolute Gasteiger partial charge is 0.264 e. The van der Waals surface area contributed by atoms with Gasteiger partial charge in [0.25, 0.3) is 10.0 Å². The summed E-state index contributed by atoms with van der Waals surface area (Å²) in [6.45, 7) is 1.48. The standard InChI is InChI=1S/C16H22N2O5S/c17-11-12-1-3-14(4-2-12)24(20,21)18-15(19)13-5-7-16(8-6-13)22-9-10-23-16/h1-4,13H,5-11,17H2,(H,18,19). The minimum Gasteiger partial charge on any atom is -0.348 e. The molecule has 1 amide bonds. The Morgan fingerprint density at radius 1 is 1.17 bits per heavy atom. The van der Waals surface area contributed by atoms with Crippen LogP contribution in [0.1, 0.15) is 31.2 Å². The van der Waals surface area contributed by atoms with Crippen molar-refractivity contribution in [1.82, 2.24) is 4.72 Å². The number of ether oxygens (including phenoxy) is 2. The highest BCUT2D eigenvalue weighted by molar-refractivity contribution is 7.90. The topological polar surface area (TPSA) is 108 Å². The maximum Gasteiger partial charge on any atom is 0.264 e. The molecule has 0 aromatic heterocycles. The van der Waals surface area contributed by atoms with Gasteiger partial charge in [-0.15, -0.1) is 0 Å². The number of sulfonamides is 1. The third-order valence-corrected chi connectivity index (χ3v) is 6.00. The highest BCUT2D eigenvalue weighted by Crippen LogP contribution is 2.38. The number of nitrogens with one attached hydrogen (secondary N) is 1. The Labute approximate surface area is 141 Å². The predicted octanol–water partition coefficient (Wildman–Crippen LogP) is 0.883. The third-order valence-electron chi connectivity index (χ3n) is 4.64. The van der Waals surface area contributed by atoms with E-state index in [-0.39, 0.29) is 10.8 Å². The molecule has 1 aliphatic carbocycles. The molecule has 1 heterocycles. The number of carbonyl (C=O) groups is 1. The molecule has 3 N–H and O–H groups in total. The Morgan fingerprint density at radius 3 is 2.29 bits per heavy atom. The van der Waals surface area contributed by atoms with Gasteiger partial charge in [0.15, 0.2) is 5.79 Å². The zero-order chi connectivity index (χ0) is 17.2. The van der Waals surface area contributed by atoms with Gasteiger partial charge >= 0.3 is 0 Å². The van der Waals surface area contributed by atoms with Crippen molar-refractivity contribution in [3.63, 3.8) is 0 Å². The van der Waals surface area contributed by atoms with E-state index in [2.05, 4.69) is 4.72 Å². The second kappa shape index (κ2) is 6.79. The second-order valence-electron chi connectivity index (χ2n) is 6.20. The van der Waals surface area contributed by atoms with Crippen molar-refractivity contribution in [2.24, 2.45) is 11.7 Å². The number of rotatable bonds is 4. The second-order valence-corrected chi connectivity index (χ2v) is 7.88. The van der Waals surface area contributed by atoms with Gasteiger partial charge in [0.2, 0.25) is 5.91 Å². The van der Waals surface area contributed by atoms with E-state index < -0.39 is 21.7 Å². The van der Waals surface area contributed by atoms with Crippen LogP contribution in [0.3, 0.4) is 0 Å². The molecule has 1 aromatic carbocycles. The molecule has 0 bridgehead atoms. The zero-order valence-corrected chi connectivity index (χ0v) is 14.2. The van der Waals surface area contributed by atoms with E-state index in [9.17, 15) is 13.2 Å². The van der Waals surface area contributed by atoms with Gasteiger partial charge in [-0.1, -0.05) is 12.1 Å². The first-order chi connectivity index (χ1) is 11.4. The number of nitrogens with two attached hydrogens (primary N) is 1. The summed E-state index contributed by atoms with van der Waals surface area (Å²) in [5.41, 5.74) is 6.32. The summed E-state index contributed by atoms with van der Waals surface area (Å²) in [7, 11) is -3.86. The summed E-state index contributed by atoms with van der Waals surface area (Å²) in [4.78, 5) is 12.4. The lowest BCUT2D eigenvalue weighted by atomic mass is 9.85. The number of benzene rings is 1. The lowest BCUT2D eigenvalue weighted by Crippen LogP contribution is -2.42. The zero-order valence-electron chi connectivity index (χ0n) is 13.4. The Kier molecular flexibility index (Phi) is 4.91. The van der Waals surface area contributed by atoms with Gasteiger partial charge in [0.1, 0.15) is 0 Å². The number of hydrogen-bond donors (Lipinski definition) is 2. The molecule has 1 aromatic rings. The first kappa shape index (κ1) is 17.3. The van der Waals surface area contributed by atoms with Crippen LogP contribution >= 0.6 is 0 Å². The van der Waals surface area contributed by atoms with Crippen LogP contribution in [0.4, 0.5) is 0 Å².